The molecule has 0 aromatic rings. The van der Waals surface area contributed by atoms with Gasteiger partial charge in [0, 0.05) is 0 Å². The molecule has 0 unspecified atom stereocenters. The van der Waals surface area contributed by atoms with Gasteiger partial charge in [0.1, 0.15) is 0 Å². The minimum Gasteiger partial charge on any atom is -0.392 e. The number of allylic oxidation sites excluding steroid dienone is 13. The van der Waals surface area contributed by atoms with Crippen molar-refractivity contribution in [1.29, 1.82) is 0 Å². The second-order valence-corrected chi connectivity index (χ2v) is 11.7. The van der Waals surface area contributed by atoms with E-state index in [1.807, 2.05) is 24.3 Å². The van der Waals surface area contributed by atoms with Crippen molar-refractivity contribution in [3.8, 4) is 0 Å². The molecule has 0 rings (SSSR count). The van der Waals surface area contributed by atoms with Gasteiger partial charge in [0.25, 0.3) is 0 Å². The SMILES string of the molecule is C=CC(=C)CCC=C(C)C.C=CC(C)(C)CCC=C(C)C.C=CC(C)C.C=CC=C.CC(C)=CCC/C(C)=C/CO. The van der Waals surface area contributed by atoms with Gasteiger partial charge >= 0.3 is 0 Å². The van der Waals surface area contributed by atoms with Crippen molar-refractivity contribution in [2.45, 2.75) is 115 Å². The van der Waals surface area contributed by atoms with E-state index in [0.717, 1.165) is 31.3 Å². The number of hydrogen-bond donors (Lipinski definition) is 1. The molecule has 0 aromatic carbocycles. The third kappa shape index (κ3) is 62.4. The lowest BCUT2D eigenvalue weighted by atomic mass is 9.88. The monoisotopic (exact) mass is 567 g/mol. The van der Waals surface area contributed by atoms with Crippen LogP contribution in [0, 0.1) is 11.3 Å². The lowest BCUT2D eigenvalue weighted by molar-refractivity contribution is 0.341. The number of aliphatic hydroxyl groups is 1. The number of rotatable bonds is 14. The van der Waals surface area contributed by atoms with E-state index in [9.17, 15) is 0 Å². The minimum atomic E-state index is 0.167. The fraction of sp³-hybridized carbons (Fsp3) is 0.500. The standard InChI is InChI=1S/C11H20.C10H18O.C10H16.C5H10.C4H6/c1-6-11(4,5)9-7-8-10(2)3;1-9(2)5-4-6-10(3)7-8-11;1-5-10(4)8-6-7-9(2)3;1-4-5(2)3;1-3-4-2/h6,8H,1,7,9H2,2-5H3;5,7,11H,4,6,8H2,1-3H3;5,7H,1,4,6,8H2,2-3H3;4-5H,1H2,2-3H3;3-4H,1-2H2/b;10-7+;;;. The predicted octanol–water partition coefficient (Wildman–Crippen LogP) is 13.3. The molecule has 0 fully saturated rings. The lowest BCUT2D eigenvalue weighted by Gasteiger charge is -2.17. The molecule has 41 heavy (non-hydrogen) atoms. The number of hydrogen-bond acceptors (Lipinski definition) is 1. The summed E-state index contributed by atoms with van der Waals surface area (Å²) in [4.78, 5) is 0. The summed E-state index contributed by atoms with van der Waals surface area (Å²) in [5.74, 6) is 0.648. The fourth-order valence-corrected chi connectivity index (χ4v) is 2.33. The highest BCUT2D eigenvalue weighted by Crippen LogP contribution is 2.23. The molecule has 0 heterocycles. The molecule has 0 spiro atoms. The molecular formula is C40H70O. The van der Waals surface area contributed by atoms with Crippen molar-refractivity contribution < 1.29 is 5.11 Å². The molecule has 0 aliphatic rings. The molecule has 0 amide bonds. The molecule has 1 heteroatoms. The Labute approximate surface area is 259 Å². The molecule has 1 nitrogen and oxygen atoms in total. The van der Waals surface area contributed by atoms with Crippen LogP contribution in [0.5, 0.6) is 0 Å². The second kappa shape index (κ2) is 35.4. The Morgan fingerprint density at radius 3 is 1.37 bits per heavy atom. The molecule has 0 radical (unpaired) electrons. The van der Waals surface area contributed by atoms with E-state index in [2.05, 4.69) is 134 Å². The maximum atomic E-state index is 8.55. The van der Waals surface area contributed by atoms with E-state index in [4.69, 9.17) is 5.11 Å². The van der Waals surface area contributed by atoms with Crippen LogP contribution in [0.1, 0.15) is 115 Å². The number of aliphatic hydroxyl groups excluding tert-OH is 1. The van der Waals surface area contributed by atoms with Gasteiger partial charge in [-0.15, -0.1) is 13.2 Å². The zero-order valence-electron chi connectivity index (χ0n) is 29.4. The van der Waals surface area contributed by atoms with E-state index < -0.39 is 0 Å². The smallest absolute Gasteiger partial charge is 0.0614 e. The fourth-order valence-electron chi connectivity index (χ4n) is 2.33. The summed E-state index contributed by atoms with van der Waals surface area (Å²) >= 11 is 0. The first kappa shape index (κ1) is 48.1. The highest BCUT2D eigenvalue weighted by atomic mass is 16.2. The molecule has 0 bridgehead atoms. The van der Waals surface area contributed by atoms with Gasteiger partial charge in [0.2, 0.25) is 0 Å². The average Bonchev–Trinajstić information content (AvgIpc) is 2.89. The molecule has 1 N–H and O–H groups in total. The summed E-state index contributed by atoms with van der Waals surface area (Å²) in [7, 11) is 0. The summed E-state index contributed by atoms with van der Waals surface area (Å²) in [6.45, 7) is 45.1. The first-order valence-corrected chi connectivity index (χ1v) is 15.0. The van der Waals surface area contributed by atoms with Gasteiger partial charge in [0.15, 0.2) is 0 Å². The van der Waals surface area contributed by atoms with E-state index in [0.29, 0.717) is 11.3 Å². The van der Waals surface area contributed by atoms with Gasteiger partial charge in [-0.25, -0.2) is 0 Å². The van der Waals surface area contributed by atoms with Crippen LogP contribution in [0.2, 0.25) is 0 Å². The van der Waals surface area contributed by atoms with Crippen molar-refractivity contribution in [3.63, 3.8) is 0 Å². The van der Waals surface area contributed by atoms with E-state index in [1.165, 1.54) is 35.1 Å². The first-order valence-electron chi connectivity index (χ1n) is 15.0. The van der Waals surface area contributed by atoms with Crippen LogP contribution in [0.3, 0.4) is 0 Å². The Balaban J connectivity index is -0.000000138. The third-order valence-electron chi connectivity index (χ3n) is 5.37. The summed E-state index contributed by atoms with van der Waals surface area (Å²) in [5, 5.41) is 8.55. The van der Waals surface area contributed by atoms with Crippen LogP contribution in [-0.4, -0.2) is 11.7 Å². The van der Waals surface area contributed by atoms with Gasteiger partial charge in [-0.2, -0.15) is 0 Å². The van der Waals surface area contributed by atoms with Gasteiger partial charge in [-0.1, -0.05) is 137 Å². The molecule has 0 saturated carbocycles. The average molecular weight is 567 g/mol. The van der Waals surface area contributed by atoms with Crippen molar-refractivity contribution in [2.24, 2.45) is 11.3 Å². The topological polar surface area (TPSA) is 20.2 Å². The normalized spacial score (nSPS) is 9.63. The highest BCUT2D eigenvalue weighted by Gasteiger charge is 2.10. The molecule has 0 aliphatic heterocycles. The van der Waals surface area contributed by atoms with Crippen LogP contribution in [0.25, 0.3) is 0 Å². The summed E-state index contributed by atoms with van der Waals surface area (Å²) < 4.78 is 0. The van der Waals surface area contributed by atoms with Gasteiger partial charge in [-0.05, 0) is 98.3 Å². The summed E-state index contributed by atoms with van der Waals surface area (Å²) in [6, 6.07) is 0. The quantitative estimate of drug-likeness (QED) is 0.164. The summed E-state index contributed by atoms with van der Waals surface area (Å²) in [5.41, 5.74) is 6.83. The third-order valence-corrected chi connectivity index (χ3v) is 5.37. The minimum absolute atomic E-state index is 0.167. The van der Waals surface area contributed by atoms with Crippen LogP contribution in [0.15, 0.2) is 122 Å². The lowest BCUT2D eigenvalue weighted by Crippen LogP contribution is -2.05. The maximum absolute atomic E-state index is 8.55. The van der Waals surface area contributed by atoms with E-state index in [1.54, 1.807) is 12.2 Å². The Morgan fingerprint density at radius 1 is 0.683 bits per heavy atom. The molecule has 0 aromatic heterocycles. The first-order chi connectivity index (χ1) is 19.0. The van der Waals surface area contributed by atoms with Crippen LogP contribution >= 0.6 is 0 Å². The van der Waals surface area contributed by atoms with Crippen molar-refractivity contribution in [3.05, 3.63) is 122 Å². The molecule has 0 aliphatic carbocycles. The zero-order valence-corrected chi connectivity index (χ0v) is 29.4. The molecular weight excluding hydrogens is 496 g/mol. The van der Waals surface area contributed by atoms with Crippen LogP contribution < -0.4 is 0 Å². The van der Waals surface area contributed by atoms with Crippen molar-refractivity contribution >= 4 is 0 Å². The largest absolute Gasteiger partial charge is 0.392 e. The van der Waals surface area contributed by atoms with E-state index in [-0.39, 0.29) is 6.61 Å². The van der Waals surface area contributed by atoms with Gasteiger partial charge in [-0.3, -0.25) is 0 Å². The maximum Gasteiger partial charge on any atom is 0.0614 e. The molecule has 0 saturated heterocycles. The summed E-state index contributed by atoms with van der Waals surface area (Å²) in [6.07, 6.45) is 24.3. The van der Waals surface area contributed by atoms with Gasteiger partial charge < -0.3 is 5.11 Å². The highest BCUT2D eigenvalue weighted by molar-refractivity contribution is 5.12. The van der Waals surface area contributed by atoms with Crippen LogP contribution in [0.4, 0.5) is 0 Å². The zero-order chi connectivity index (χ0) is 33.3. The predicted molar refractivity (Wildman–Crippen MR) is 196 cm³/mol. The Bertz CT molecular complexity index is 788. The molecule has 236 valence electrons. The Kier molecular flexibility index (Phi) is 41.5. The van der Waals surface area contributed by atoms with Crippen LogP contribution in [-0.2, 0) is 0 Å². The van der Waals surface area contributed by atoms with Crippen molar-refractivity contribution in [2.75, 3.05) is 6.61 Å². The Hall–Kier alpha value is -2.64. The van der Waals surface area contributed by atoms with Gasteiger partial charge in [0.05, 0.1) is 6.61 Å². The second-order valence-electron chi connectivity index (χ2n) is 11.7. The van der Waals surface area contributed by atoms with E-state index >= 15 is 0 Å². The molecule has 0 atom stereocenters. The van der Waals surface area contributed by atoms with Crippen molar-refractivity contribution in [1.82, 2.24) is 0 Å². The Morgan fingerprint density at radius 2 is 1.07 bits per heavy atom.